The Morgan fingerprint density at radius 1 is 1.25 bits per heavy atom. The summed E-state index contributed by atoms with van der Waals surface area (Å²) in [5.41, 5.74) is 0.418. The van der Waals surface area contributed by atoms with Gasteiger partial charge in [0.25, 0.3) is 0 Å². The first-order valence-electron chi connectivity index (χ1n) is 6.26. The van der Waals surface area contributed by atoms with E-state index < -0.39 is 5.97 Å². The molecule has 3 nitrogen and oxygen atoms in total. The topological polar surface area (TPSA) is 40.1 Å². The van der Waals surface area contributed by atoms with Gasteiger partial charge in [-0.25, -0.2) is 0 Å². The molecule has 0 fully saturated rings. The maximum atomic E-state index is 10.6. The molecule has 0 rings (SSSR count). The van der Waals surface area contributed by atoms with Crippen molar-refractivity contribution in [2.75, 3.05) is 27.2 Å². The summed E-state index contributed by atoms with van der Waals surface area (Å²) in [6.45, 7) is 7.78. The zero-order valence-corrected chi connectivity index (χ0v) is 11.5. The zero-order valence-electron chi connectivity index (χ0n) is 11.5. The highest BCUT2D eigenvalue weighted by molar-refractivity contribution is 5.65. The first-order valence-corrected chi connectivity index (χ1v) is 6.26. The van der Waals surface area contributed by atoms with Crippen molar-refractivity contribution in [3.05, 3.63) is 0 Å². The first-order chi connectivity index (χ1) is 7.24. The molecule has 0 aliphatic heterocycles. The molecule has 0 unspecified atom stereocenters. The van der Waals surface area contributed by atoms with Gasteiger partial charge in [-0.1, -0.05) is 33.6 Å². The molecule has 3 heteroatoms. The van der Waals surface area contributed by atoms with Crippen LogP contribution in [0.3, 0.4) is 0 Å². The van der Waals surface area contributed by atoms with Gasteiger partial charge in [0.1, 0.15) is 6.54 Å². The second kappa shape index (κ2) is 6.24. The van der Waals surface area contributed by atoms with Crippen molar-refractivity contribution >= 4 is 5.97 Å². The summed E-state index contributed by atoms with van der Waals surface area (Å²) in [6.07, 6.45) is 4.64. The van der Waals surface area contributed by atoms with Gasteiger partial charge in [-0.05, 0) is 18.3 Å². The molecule has 0 aromatic carbocycles. The summed E-state index contributed by atoms with van der Waals surface area (Å²) < 4.78 is 0.520. The fraction of sp³-hybridized carbons (Fsp3) is 0.923. The van der Waals surface area contributed by atoms with Gasteiger partial charge in [-0.15, -0.1) is 0 Å². The third-order valence-corrected chi connectivity index (χ3v) is 3.81. The Kier molecular flexibility index (Phi) is 6.01. The van der Waals surface area contributed by atoms with Crippen LogP contribution in [0.5, 0.6) is 0 Å². The van der Waals surface area contributed by atoms with Gasteiger partial charge < -0.3 is 14.4 Å². The molecule has 0 aliphatic rings. The van der Waals surface area contributed by atoms with Crippen LogP contribution in [-0.2, 0) is 4.79 Å². The van der Waals surface area contributed by atoms with Gasteiger partial charge in [0.15, 0.2) is 0 Å². The van der Waals surface area contributed by atoms with Crippen molar-refractivity contribution in [2.24, 2.45) is 5.41 Å². The summed E-state index contributed by atoms with van der Waals surface area (Å²) in [6, 6.07) is 0. The number of carbonyl (C=O) groups excluding carboxylic acids is 1. The van der Waals surface area contributed by atoms with Gasteiger partial charge >= 0.3 is 0 Å². The van der Waals surface area contributed by atoms with E-state index in [1.54, 1.807) is 0 Å². The molecule has 16 heavy (non-hydrogen) atoms. The average molecular weight is 229 g/mol. The van der Waals surface area contributed by atoms with E-state index in [0.29, 0.717) is 9.90 Å². The minimum atomic E-state index is -0.959. The quantitative estimate of drug-likeness (QED) is 0.591. The van der Waals surface area contributed by atoms with Crippen LogP contribution in [0.2, 0.25) is 0 Å². The molecule has 0 aromatic heterocycles. The second-order valence-electron chi connectivity index (χ2n) is 5.81. The van der Waals surface area contributed by atoms with Gasteiger partial charge in [0.2, 0.25) is 0 Å². The summed E-state index contributed by atoms with van der Waals surface area (Å²) in [5, 5.41) is 10.6. The largest absolute Gasteiger partial charge is 0.544 e. The zero-order chi connectivity index (χ0) is 12.8. The number of carboxylic acid groups (broad SMARTS) is 1. The second-order valence-corrected chi connectivity index (χ2v) is 5.81. The molecule has 0 aliphatic carbocycles. The van der Waals surface area contributed by atoms with E-state index >= 15 is 0 Å². The smallest absolute Gasteiger partial charge is 0.119 e. The molecule has 0 aromatic rings. The molecular formula is C13H27NO2. The molecule has 0 saturated carbocycles. The van der Waals surface area contributed by atoms with Crippen molar-refractivity contribution in [2.45, 2.75) is 46.5 Å². The number of carbonyl (C=O) groups is 1. The third kappa shape index (κ3) is 6.11. The highest BCUT2D eigenvalue weighted by Gasteiger charge is 2.22. The van der Waals surface area contributed by atoms with Crippen molar-refractivity contribution in [3.63, 3.8) is 0 Å². The lowest BCUT2D eigenvalue weighted by Gasteiger charge is -2.32. The van der Waals surface area contributed by atoms with E-state index in [-0.39, 0.29) is 6.54 Å². The molecule has 0 bridgehead atoms. The maximum absolute atomic E-state index is 10.6. The Balaban J connectivity index is 4.01. The number of carboxylic acids is 1. The molecule has 0 spiro atoms. The molecule has 96 valence electrons. The number of aliphatic carboxylic acids is 1. The van der Waals surface area contributed by atoms with Crippen molar-refractivity contribution in [1.82, 2.24) is 0 Å². The summed E-state index contributed by atoms with van der Waals surface area (Å²) in [4.78, 5) is 10.6. The molecule has 0 radical (unpaired) electrons. The van der Waals surface area contributed by atoms with Crippen LogP contribution in [-0.4, -0.2) is 37.6 Å². The van der Waals surface area contributed by atoms with E-state index in [4.69, 9.17) is 0 Å². The van der Waals surface area contributed by atoms with Crippen LogP contribution < -0.4 is 5.11 Å². The molecule has 0 saturated heterocycles. The van der Waals surface area contributed by atoms with Gasteiger partial charge in [0, 0.05) is 0 Å². The Morgan fingerprint density at radius 3 is 2.12 bits per heavy atom. The molecule has 0 amide bonds. The van der Waals surface area contributed by atoms with Gasteiger partial charge in [-0.3, -0.25) is 0 Å². The minimum absolute atomic E-state index is 0.106. The predicted molar refractivity (Wildman–Crippen MR) is 64.8 cm³/mol. The molecule has 0 N–H and O–H groups in total. The number of nitrogens with zero attached hydrogens (tertiary/aromatic N) is 1. The molecule has 0 atom stereocenters. The van der Waals surface area contributed by atoms with Gasteiger partial charge in [-0.2, -0.15) is 0 Å². The minimum Gasteiger partial charge on any atom is -0.544 e. The van der Waals surface area contributed by atoms with Crippen LogP contribution in [0, 0.1) is 5.41 Å². The van der Waals surface area contributed by atoms with Crippen LogP contribution in [0.25, 0.3) is 0 Å². The predicted octanol–water partition coefficient (Wildman–Crippen LogP) is 1.42. The van der Waals surface area contributed by atoms with Crippen LogP contribution >= 0.6 is 0 Å². The highest BCUT2D eigenvalue weighted by atomic mass is 16.4. The number of rotatable bonds is 8. The summed E-state index contributed by atoms with van der Waals surface area (Å²) >= 11 is 0. The number of quaternary nitrogens is 1. The third-order valence-electron chi connectivity index (χ3n) is 3.81. The Hall–Kier alpha value is -0.570. The highest BCUT2D eigenvalue weighted by Crippen LogP contribution is 2.31. The number of hydrogen-bond donors (Lipinski definition) is 0. The number of hydrogen-bond acceptors (Lipinski definition) is 2. The molecule has 0 heterocycles. The lowest BCUT2D eigenvalue weighted by atomic mass is 9.80. The monoisotopic (exact) mass is 229 g/mol. The van der Waals surface area contributed by atoms with Gasteiger partial charge in [0.05, 0.1) is 26.6 Å². The molecular weight excluding hydrogens is 202 g/mol. The lowest BCUT2D eigenvalue weighted by molar-refractivity contribution is -0.885. The standard InChI is InChI=1S/C13H27NO2/c1-6-13(3,7-2)9-8-10-14(4,5)11-12(15)16/h6-11H2,1-5H3. The van der Waals surface area contributed by atoms with Crippen LogP contribution in [0.4, 0.5) is 0 Å². The Labute approximate surface area is 100 Å². The van der Waals surface area contributed by atoms with E-state index in [1.165, 1.54) is 19.3 Å². The SMILES string of the molecule is CCC(C)(CC)CCC[N+](C)(C)CC(=O)[O-]. The first kappa shape index (κ1) is 15.4. The maximum Gasteiger partial charge on any atom is 0.119 e. The van der Waals surface area contributed by atoms with Crippen LogP contribution in [0.15, 0.2) is 0 Å². The Bertz CT molecular complexity index is 220. The number of likely N-dealkylation sites (N-methyl/N-ethyl adjacent to an activating group) is 1. The van der Waals surface area contributed by atoms with E-state index in [0.717, 1.165) is 13.0 Å². The summed E-state index contributed by atoms with van der Waals surface area (Å²) in [7, 11) is 3.90. The van der Waals surface area contributed by atoms with E-state index in [9.17, 15) is 9.90 Å². The normalized spacial score (nSPS) is 12.8. The van der Waals surface area contributed by atoms with Crippen molar-refractivity contribution in [3.8, 4) is 0 Å². The fourth-order valence-electron chi connectivity index (χ4n) is 1.97. The summed E-state index contributed by atoms with van der Waals surface area (Å²) in [5.74, 6) is -0.959. The van der Waals surface area contributed by atoms with Crippen molar-refractivity contribution in [1.29, 1.82) is 0 Å². The van der Waals surface area contributed by atoms with E-state index in [1.807, 2.05) is 14.1 Å². The Morgan fingerprint density at radius 2 is 1.75 bits per heavy atom. The van der Waals surface area contributed by atoms with Crippen LogP contribution in [0.1, 0.15) is 46.5 Å². The van der Waals surface area contributed by atoms with E-state index in [2.05, 4.69) is 20.8 Å². The average Bonchev–Trinajstić information content (AvgIpc) is 2.15. The fourth-order valence-corrected chi connectivity index (χ4v) is 1.97. The lowest BCUT2D eigenvalue weighted by Crippen LogP contribution is -2.48. The van der Waals surface area contributed by atoms with Crippen molar-refractivity contribution < 1.29 is 14.4 Å².